The van der Waals surface area contributed by atoms with E-state index < -0.39 is 10.0 Å². The number of hydrogen-bond acceptors (Lipinski definition) is 4. The van der Waals surface area contributed by atoms with Crippen LogP contribution >= 0.6 is 0 Å². The zero-order valence-electron chi connectivity index (χ0n) is 12.1. The summed E-state index contributed by atoms with van der Waals surface area (Å²) in [4.78, 5) is 0.291. The zero-order chi connectivity index (χ0) is 14.8. The average molecular weight is 301 g/mol. The fourth-order valence-electron chi connectivity index (χ4n) is 2.44. The van der Waals surface area contributed by atoms with Crippen LogP contribution in [-0.2, 0) is 28.4 Å². The summed E-state index contributed by atoms with van der Waals surface area (Å²) in [6.45, 7) is 1.44. The van der Waals surface area contributed by atoms with Gasteiger partial charge in [-0.25, -0.2) is 8.42 Å². The molecule has 1 aromatic rings. The van der Waals surface area contributed by atoms with E-state index in [1.807, 2.05) is 0 Å². The van der Waals surface area contributed by atoms with Crippen LogP contribution in [0.3, 0.4) is 0 Å². The molecule has 0 saturated carbocycles. The summed E-state index contributed by atoms with van der Waals surface area (Å²) in [7, 11) is -0.0765. The Kier molecular flexibility index (Phi) is 4.85. The number of aryl methyl sites for hydroxylation is 1. The van der Waals surface area contributed by atoms with Gasteiger partial charge in [0.15, 0.2) is 0 Å². The predicted octanol–water partition coefficient (Wildman–Crippen LogP) is 0.673. The maximum Gasteiger partial charge on any atom is 0.244 e. The molecule has 2 N–H and O–H groups in total. The topological polar surface area (TPSA) is 77.6 Å². The van der Waals surface area contributed by atoms with Crippen molar-refractivity contribution in [3.05, 3.63) is 18.0 Å². The number of rotatable bonds is 5. The molecule has 0 radical (unpaired) electrons. The Morgan fingerprint density at radius 1 is 1.50 bits per heavy atom. The SMILES string of the molecule is CN(CC1CCCCO1)S(=O)(=O)c1cc(CN)n(C)c1. The van der Waals surface area contributed by atoms with Crippen molar-refractivity contribution in [2.45, 2.75) is 36.8 Å². The fraction of sp³-hybridized carbons (Fsp3) is 0.692. The molecule has 114 valence electrons. The van der Waals surface area contributed by atoms with Crippen molar-refractivity contribution < 1.29 is 13.2 Å². The minimum absolute atomic E-state index is 0.00113. The van der Waals surface area contributed by atoms with Crippen molar-refractivity contribution >= 4 is 10.0 Å². The quantitative estimate of drug-likeness (QED) is 0.867. The second-order valence-corrected chi connectivity index (χ2v) is 7.30. The molecule has 0 spiro atoms. The summed E-state index contributed by atoms with van der Waals surface area (Å²) in [5.74, 6) is 0. The van der Waals surface area contributed by atoms with Crippen LogP contribution < -0.4 is 5.73 Å². The number of aromatic nitrogens is 1. The van der Waals surface area contributed by atoms with Crippen molar-refractivity contribution in [2.75, 3.05) is 20.2 Å². The highest BCUT2D eigenvalue weighted by Gasteiger charge is 2.26. The monoisotopic (exact) mass is 301 g/mol. The predicted molar refractivity (Wildman–Crippen MR) is 76.7 cm³/mol. The van der Waals surface area contributed by atoms with Gasteiger partial charge in [0, 0.05) is 45.7 Å². The minimum atomic E-state index is -3.47. The van der Waals surface area contributed by atoms with Crippen LogP contribution in [0.1, 0.15) is 25.0 Å². The van der Waals surface area contributed by atoms with Crippen LogP contribution in [0.2, 0.25) is 0 Å². The summed E-state index contributed by atoms with van der Waals surface area (Å²) < 4.78 is 33.7. The van der Waals surface area contributed by atoms with E-state index >= 15 is 0 Å². The van der Waals surface area contributed by atoms with E-state index in [1.54, 1.807) is 30.9 Å². The first-order valence-electron chi connectivity index (χ1n) is 6.88. The Hall–Kier alpha value is -0.890. The number of ether oxygens (including phenoxy) is 1. The van der Waals surface area contributed by atoms with Crippen molar-refractivity contribution in [3.63, 3.8) is 0 Å². The van der Waals surface area contributed by atoms with E-state index in [0.29, 0.717) is 18.0 Å². The molecule has 1 aromatic heterocycles. The molecule has 0 bridgehead atoms. The number of nitrogens with two attached hydrogens (primary N) is 1. The molecular weight excluding hydrogens is 278 g/mol. The first kappa shape index (κ1) is 15.5. The van der Waals surface area contributed by atoms with E-state index in [0.717, 1.165) is 31.6 Å². The Morgan fingerprint density at radius 2 is 2.25 bits per heavy atom. The van der Waals surface area contributed by atoms with Crippen LogP contribution in [0.4, 0.5) is 0 Å². The van der Waals surface area contributed by atoms with E-state index in [9.17, 15) is 8.42 Å². The van der Waals surface area contributed by atoms with E-state index in [1.165, 1.54) is 4.31 Å². The van der Waals surface area contributed by atoms with E-state index in [4.69, 9.17) is 10.5 Å². The third-order valence-corrected chi connectivity index (χ3v) is 5.52. The lowest BCUT2D eigenvalue weighted by Gasteiger charge is -2.26. The van der Waals surface area contributed by atoms with Gasteiger partial charge in [-0.1, -0.05) is 0 Å². The van der Waals surface area contributed by atoms with Crippen molar-refractivity contribution in [3.8, 4) is 0 Å². The Balaban J connectivity index is 2.11. The van der Waals surface area contributed by atoms with Crippen LogP contribution in [0, 0.1) is 0 Å². The van der Waals surface area contributed by atoms with Crippen LogP contribution in [-0.4, -0.2) is 43.6 Å². The summed E-state index contributed by atoms with van der Waals surface area (Å²) in [6, 6.07) is 1.63. The first-order valence-corrected chi connectivity index (χ1v) is 8.32. The zero-order valence-corrected chi connectivity index (χ0v) is 12.9. The van der Waals surface area contributed by atoms with Crippen molar-refractivity contribution in [2.24, 2.45) is 12.8 Å². The molecule has 7 heteroatoms. The van der Waals surface area contributed by atoms with Gasteiger partial charge in [-0.15, -0.1) is 0 Å². The Bertz CT molecular complexity index is 547. The molecule has 1 saturated heterocycles. The lowest BCUT2D eigenvalue weighted by Crippen LogP contribution is -2.37. The molecule has 2 rings (SSSR count). The molecule has 1 unspecified atom stereocenters. The lowest BCUT2D eigenvalue weighted by atomic mass is 10.1. The maximum absolute atomic E-state index is 12.5. The van der Waals surface area contributed by atoms with Gasteiger partial charge in [0.2, 0.25) is 10.0 Å². The highest BCUT2D eigenvalue weighted by molar-refractivity contribution is 7.89. The molecular formula is C13H23N3O3S. The molecule has 20 heavy (non-hydrogen) atoms. The van der Waals surface area contributed by atoms with Gasteiger partial charge in [0.1, 0.15) is 4.90 Å². The van der Waals surface area contributed by atoms with Crippen LogP contribution in [0.15, 0.2) is 17.2 Å². The normalized spacial score (nSPS) is 20.5. The van der Waals surface area contributed by atoms with Crippen LogP contribution in [0.5, 0.6) is 0 Å². The standard InChI is InChI=1S/C13H23N3O3S/c1-15-10-13(7-11(15)8-14)20(17,18)16(2)9-12-5-3-4-6-19-12/h7,10,12H,3-6,8-9,14H2,1-2H3. The van der Waals surface area contributed by atoms with Gasteiger partial charge in [0.25, 0.3) is 0 Å². The summed E-state index contributed by atoms with van der Waals surface area (Å²) in [6.07, 6.45) is 4.69. The molecule has 0 amide bonds. The fourth-order valence-corrected chi connectivity index (χ4v) is 3.74. The smallest absolute Gasteiger partial charge is 0.244 e. The Labute approximate surface area is 120 Å². The number of nitrogens with zero attached hydrogens (tertiary/aromatic N) is 2. The van der Waals surface area contributed by atoms with Gasteiger partial charge in [0.05, 0.1) is 6.10 Å². The largest absolute Gasteiger partial charge is 0.377 e. The lowest BCUT2D eigenvalue weighted by molar-refractivity contribution is 0.00858. The third kappa shape index (κ3) is 3.22. The molecule has 6 nitrogen and oxygen atoms in total. The molecule has 0 aliphatic carbocycles. The second-order valence-electron chi connectivity index (χ2n) is 5.26. The number of likely N-dealkylation sites (N-methyl/N-ethyl adjacent to an activating group) is 1. The summed E-state index contributed by atoms with van der Waals surface area (Å²) >= 11 is 0. The van der Waals surface area contributed by atoms with Gasteiger partial charge in [-0.2, -0.15) is 4.31 Å². The molecule has 2 heterocycles. The van der Waals surface area contributed by atoms with Gasteiger partial charge in [-0.05, 0) is 25.3 Å². The van der Waals surface area contributed by atoms with E-state index in [2.05, 4.69) is 0 Å². The molecule has 1 aliphatic rings. The van der Waals surface area contributed by atoms with E-state index in [-0.39, 0.29) is 6.10 Å². The number of sulfonamides is 1. The van der Waals surface area contributed by atoms with Gasteiger partial charge in [-0.3, -0.25) is 0 Å². The molecule has 1 fully saturated rings. The van der Waals surface area contributed by atoms with Crippen LogP contribution in [0.25, 0.3) is 0 Å². The summed E-state index contributed by atoms with van der Waals surface area (Å²) in [5, 5.41) is 0. The maximum atomic E-state index is 12.5. The highest BCUT2D eigenvalue weighted by atomic mass is 32.2. The van der Waals surface area contributed by atoms with Gasteiger partial charge < -0.3 is 15.0 Å². The highest BCUT2D eigenvalue weighted by Crippen LogP contribution is 2.20. The molecule has 1 atom stereocenters. The molecule has 1 aliphatic heterocycles. The first-order chi connectivity index (χ1) is 9.45. The average Bonchev–Trinajstić information content (AvgIpc) is 2.81. The molecule has 0 aromatic carbocycles. The number of hydrogen-bond donors (Lipinski definition) is 1. The third-order valence-electron chi connectivity index (χ3n) is 3.73. The Morgan fingerprint density at radius 3 is 2.80 bits per heavy atom. The summed E-state index contributed by atoms with van der Waals surface area (Å²) in [5.41, 5.74) is 6.38. The van der Waals surface area contributed by atoms with Crippen molar-refractivity contribution in [1.29, 1.82) is 0 Å². The van der Waals surface area contributed by atoms with Crippen molar-refractivity contribution in [1.82, 2.24) is 8.87 Å². The van der Waals surface area contributed by atoms with Gasteiger partial charge >= 0.3 is 0 Å². The second kappa shape index (κ2) is 6.26. The minimum Gasteiger partial charge on any atom is -0.377 e.